The molecule has 0 bridgehead atoms. The van der Waals surface area contributed by atoms with Crippen LogP contribution >= 0.6 is 12.4 Å². The zero-order valence-corrected chi connectivity index (χ0v) is 12.3. The van der Waals surface area contributed by atoms with Crippen LogP contribution in [0.2, 0.25) is 0 Å². The molecule has 1 fully saturated rings. The molecule has 2 atom stereocenters. The van der Waals surface area contributed by atoms with E-state index in [1.807, 2.05) is 13.8 Å². The third kappa shape index (κ3) is 5.26. The van der Waals surface area contributed by atoms with Gasteiger partial charge in [0.25, 0.3) is 0 Å². The quantitative estimate of drug-likeness (QED) is 0.772. The number of halogens is 1. The Morgan fingerprint density at radius 3 is 2.29 bits per heavy atom. The molecule has 3 nitrogen and oxygen atoms in total. The van der Waals surface area contributed by atoms with Gasteiger partial charge < -0.3 is 11.1 Å². The molecule has 1 rings (SSSR count). The van der Waals surface area contributed by atoms with Crippen LogP contribution in [-0.2, 0) is 4.79 Å². The van der Waals surface area contributed by atoms with E-state index in [9.17, 15) is 4.79 Å². The maximum Gasteiger partial charge on any atom is 0.223 e. The number of hydrogen-bond acceptors (Lipinski definition) is 2. The second-order valence-corrected chi connectivity index (χ2v) is 5.98. The Hall–Kier alpha value is -0.280. The van der Waals surface area contributed by atoms with E-state index in [0.29, 0.717) is 18.4 Å². The third-order valence-electron chi connectivity index (χ3n) is 3.48. The van der Waals surface area contributed by atoms with Crippen LogP contribution in [0.15, 0.2) is 0 Å². The van der Waals surface area contributed by atoms with E-state index in [1.54, 1.807) is 0 Å². The summed E-state index contributed by atoms with van der Waals surface area (Å²) in [5, 5.41) is 3.13. The fraction of sp³-hybridized carbons (Fsp3) is 0.923. The van der Waals surface area contributed by atoms with E-state index in [4.69, 9.17) is 5.73 Å². The van der Waals surface area contributed by atoms with Gasteiger partial charge in [-0.2, -0.15) is 0 Å². The van der Waals surface area contributed by atoms with Crippen LogP contribution in [-0.4, -0.2) is 18.0 Å². The van der Waals surface area contributed by atoms with E-state index >= 15 is 0 Å². The summed E-state index contributed by atoms with van der Waals surface area (Å²) in [6, 6.07) is 0. The van der Waals surface area contributed by atoms with Crippen molar-refractivity contribution in [1.29, 1.82) is 0 Å². The van der Waals surface area contributed by atoms with Gasteiger partial charge in [0, 0.05) is 18.0 Å². The Balaban J connectivity index is 0.00000256. The number of rotatable bonds is 6. The molecule has 1 saturated carbocycles. The van der Waals surface area contributed by atoms with Crippen LogP contribution < -0.4 is 11.1 Å². The molecule has 3 N–H and O–H groups in total. The average molecular weight is 263 g/mol. The lowest BCUT2D eigenvalue weighted by Crippen LogP contribution is -2.53. The van der Waals surface area contributed by atoms with Gasteiger partial charge in [-0.15, -0.1) is 12.4 Å². The van der Waals surface area contributed by atoms with Gasteiger partial charge in [-0.3, -0.25) is 4.79 Å². The predicted molar refractivity (Wildman–Crippen MR) is 74.2 cm³/mol. The summed E-state index contributed by atoms with van der Waals surface area (Å²) in [6.45, 7) is 8.90. The predicted octanol–water partition coefficient (Wildman–Crippen LogP) is 2.33. The first-order valence-corrected chi connectivity index (χ1v) is 6.40. The first-order chi connectivity index (χ1) is 7.38. The highest BCUT2D eigenvalue weighted by molar-refractivity contribution is 5.85. The minimum Gasteiger partial charge on any atom is -0.349 e. The maximum atomic E-state index is 12.0. The molecule has 0 aromatic heterocycles. The molecule has 1 amide bonds. The normalized spacial score (nSPS) is 20.4. The summed E-state index contributed by atoms with van der Waals surface area (Å²) in [4.78, 5) is 12.0. The standard InChI is InChI=1S/C13H26N2O.ClH/c1-9(2)7-13(4,8-14)15-12(16)10(3)11-5-6-11;/h9-11H,5-8,14H2,1-4H3,(H,15,16);1H. The van der Waals surface area contributed by atoms with E-state index in [-0.39, 0.29) is 29.8 Å². The Kier molecular flexibility index (Phi) is 6.49. The van der Waals surface area contributed by atoms with Gasteiger partial charge in [0.1, 0.15) is 0 Å². The van der Waals surface area contributed by atoms with Gasteiger partial charge in [0.2, 0.25) is 5.91 Å². The van der Waals surface area contributed by atoms with Crippen molar-refractivity contribution in [2.45, 2.75) is 52.5 Å². The van der Waals surface area contributed by atoms with Crippen LogP contribution in [0.5, 0.6) is 0 Å². The van der Waals surface area contributed by atoms with Crippen molar-refractivity contribution < 1.29 is 4.79 Å². The van der Waals surface area contributed by atoms with Crippen LogP contribution in [0.1, 0.15) is 47.0 Å². The van der Waals surface area contributed by atoms with Gasteiger partial charge in [-0.25, -0.2) is 0 Å². The van der Waals surface area contributed by atoms with Gasteiger partial charge in [-0.05, 0) is 38.0 Å². The van der Waals surface area contributed by atoms with Crippen LogP contribution in [0.4, 0.5) is 0 Å². The fourth-order valence-corrected chi connectivity index (χ4v) is 2.31. The largest absolute Gasteiger partial charge is 0.349 e. The Morgan fingerprint density at radius 2 is 1.94 bits per heavy atom. The van der Waals surface area contributed by atoms with Crippen LogP contribution in [0, 0.1) is 17.8 Å². The van der Waals surface area contributed by atoms with Crippen molar-refractivity contribution >= 4 is 18.3 Å². The fourth-order valence-electron chi connectivity index (χ4n) is 2.31. The van der Waals surface area contributed by atoms with Crippen molar-refractivity contribution in [3.63, 3.8) is 0 Å². The summed E-state index contributed by atoms with van der Waals surface area (Å²) < 4.78 is 0. The molecule has 0 aromatic rings. The molecule has 102 valence electrons. The number of carbonyl (C=O) groups is 1. The molecule has 1 aliphatic carbocycles. The molecule has 0 spiro atoms. The molecule has 0 aromatic carbocycles. The number of amides is 1. The molecule has 17 heavy (non-hydrogen) atoms. The van der Waals surface area contributed by atoms with Gasteiger partial charge in [-0.1, -0.05) is 20.8 Å². The zero-order chi connectivity index (χ0) is 12.3. The van der Waals surface area contributed by atoms with E-state index in [2.05, 4.69) is 19.2 Å². The molecule has 0 radical (unpaired) electrons. The molecule has 0 saturated heterocycles. The van der Waals surface area contributed by atoms with Gasteiger partial charge in [0.15, 0.2) is 0 Å². The Bertz CT molecular complexity index is 254. The highest BCUT2D eigenvalue weighted by Gasteiger charge is 2.35. The number of carbonyl (C=O) groups excluding carboxylic acids is 1. The van der Waals surface area contributed by atoms with E-state index in [0.717, 1.165) is 6.42 Å². The highest BCUT2D eigenvalue weighted by Crippen LogP contribution is 2.36. The van der Waals surface area contributed by atoms with Crippen molar-refractivity contribution in [3.8, 4) is 0 Å². The minimum atomic E-state index is -0.242. The summed E-state index contributed by atoms with van der Waals surface area (Å²) >= 11 is 0. The molecule has 4 heteroatoms. The highest BCUT2D eigenvalue weighted by atomic mass is 35.5. The van der Waals surface area contributed by atoms with Crippen molar-refractivity contribution in [3.05, 3.63) is 0 Å². The second-order valence-electron chi connectivity index (χ2n) is 5.98. The maximum absolute atomic E-state index is 12.0. The van der Waals surface area contributed by atoms with Gasteiger partial charge in [0.05, 0.1) is 0 Å². The summed E-state index contributed by atoms with van der Waals surface area (Å²) in [6.07, 6.45) is 3.35. The number of hydrogen-bond donors (Lipinski definition) is 2. The molecule has 1 aliphatic rings. The zero-order valence-electron chi connectivity index (χ0n) is 11.5. The third-order valence-corrected chi connectivity index (χ3v) is 3.48. The SMILES string of the molecule is CC(C)CC(C)(CN)NC(=O)C(C)C1CC1.Cl. The average Bonchev–Trinajstić information content (AvgIpc) is 2.98. The first-order valence-electron chi connectivity index (χ1n) is 6.40. The Labute approximate surface area is 111 Å². The topological polar surface area (TPSA) is 55.1 Å². The van der Waals surface area contributed by atoms with E-state index < -0.39 is 0 Å². The minimum absolute atomic E-state index is 0. The molecule has 0 heterocycles. The first kappa shape index (κ1) is 16.7. The smallest absolute Gasteiger partial charge is 0.223 e. The van der Waals surface area contributed by atoms with E-state index in [1.165, 1.54) is 12.8 Å². The summed E-state index contributed by atoms with van der Waals surface area (Å²) in [5.74, 6) is 1.49. The van der Waals surface area contributed by atoms with Crippen LogP contribution in [0.3, 0.4) is 0 Å². The lowest BCUT2D eigenvalue weighted by molar-refractivity contribution is -0.127. The summed E-state index contributed by atoms with van der Waals surface area (Å²) in [5.41, 5.74) is 5.54. The van der Waals surface area contributed by atoms with Crippen LogP contribution in [0.25, 0.3) is 0 Å². The molecule has 2 unspecified atom stereocenters. The monoisotopic (exact) mass is 262 g/mol. The molecule has 0 aliphatic heterocycles. The summed E-state index contributed by atoms with van der Waals surface area (Å²) in [7, 11) is 0. The number of nitrogens with one attached hydrogen (secondary N) is 1. The second kappa shape index (κ2) is 6.60. The lowest BCUT2D eigenvalue weighted by atomic mass is 9.89. The van der Waals surface area contributed by atoms with Crippen molar-refractivity contribution in [2.75, 3.05) is 6.54 Å². The lowest BCUT2D eigenvalue weighted by Gasteiger charge is -2.32. The van der Waals surface area contributed by atoms with Crippen molar-refractivity contribution in [1.82, 2.24) is 5.32 Å². The molecular formula is C13H27ClN2O. The van der Waals surface area contributed by atoms with Gasteiger partial charge >= 0.3 is 0 Å². The molecular weight excluding hydrogens is 236 g/mol. The Morgan fingerprint density at radius 1 is 1.41 bits per heavy atom. The number of nitrogens with two attached hydrogens (primary N) is 1. The van der Waals surface area contributed by atoms with Crippen molar-refractivity contribution in [2.24, 2.45) is 23.5 Å².